The van der Waals surface area contributed by atoms with Crippen LogP contribution in [-0.2, 0) is 0 Å². The van der Waals surface area contributed by atoms with Gasteiger partial charge >= 0.3 is 0 Å². The molecule has 2 aliphatic rings. The minimum Gasteiger partial charge on any atom is -0.305 e. The van der Waals surface area contributed by atoms with Crippen LogP contribution < -0.4 is 10.6 Å². The van der Waals surface area contributed by atoms with Crippen LogP contribution in [0.5, 0.6) is 0 Å². The molecule has 0 aromatic heterocycles. The molecule has 0 bridgehead atoms. The average molecular weight is 218 g/mol. The highest BCUT2D eigenvalue weighted by molar-refractivity contribution is 9.09. The Kier molecular flexibility index (Phi) is 2.21. The standard InChI is InChI=1S/C8H14BrN2/c1-5-4-10-7(6-2-3-6)8(9)11-5/h4-8,10-11H,2-3H2,1H3. The summed E-state index contributed by atoms with van der Waals surface area (Å²) in [6.07, 6.45) is 2.79. The van der Waals surface area contributed by atoms with Crippen LogP contribution in [0.3, 0.4) is 0 Å². The van der Waals surface area contributed by atoms with Gasteiger partial charge in [0.05, 0.1) is 4.95 Å². The molecule has 1 aliphatic heterocycles. The molecule has 1 aliphatic carbocycles. The van der Waals surface area contributed by atoms with Crippen LogP contribution in [0, 0.1) is 12.5 Å². The molecule has 3 unspecified atom stereocenters. The second kappa shape index (κ2) is 3.04. The van der Waals surface area contributed by atoms with Gasteiger partial charge in [0.1, 0.15) is 0 Å². The average Bonchev–Trinajstić information content (AvgIpc) is 2.70. The number of piperazine rings is 1. The second-order valence-corrected chi connectivity index (χ2v) is 4.54. The summed E-state index contributed by atoms with van der Waals surface area (Å²) < 4.78 is 0. The zero-order chi connectivity index (χ0) is 7.84. The highest BCUT2D eigenvalue weighted by Crippen LogP contribution is 2.36. The van der Waals surface area contributed by atoms with E-state index in [1.807, 2.05) is 0 Å². The summed E-state index contributed by atoms with van der Waals surface area (Å²) in [7, 11) is 0. The number of rotatable bonds is 1. The van der Waals surface area contributed by atoms with Crippen molar-refractivity contribution in [3.63, 3.8) is 0 Å². The van der Waals surface area contributed by atoms with Gasteiger partial charge in [-0.1, -0.05) is 15.9 Å². The van der Waals surface area contributed by atoms with Crippen molar-refractivity contribution in [2.24, 2.45) is 5.92 Å². The molecule has 0 amide bonds. The highest BCUT2D eigenvalue weighted by atomic mass is 79.9. The zero-order valence-electron chi connectivity index (χ0n) is 6.68. The minimum atomic E-state index is 0.454. The van der Waals surface area contributed by atoms with Gasteiger partial charge in [-0.15, -0.1) is 0 Å². The van der Waals surface area contributed by atoms with Gasteiger partial charge in [-0.2, -0.15) is 0 Å². The molecule has 2 N–H and O–H groups in total. The van der Waals surface area contributed by atoms with Crippen LogP contribution in [0.2, 0.25) is 0 Å². The fourth-order valence-electron chi connectivity index (χ4n) is 1.57. The number of hydrogen-bond donors (Lipinski definition) is 2. The Hall–Kier alpha value is 0.400. The smallest absolute Gasteiger partial charge is 0.0791 e. The summed E-state index contributed by atoms with van der Waals surface area (Å²) in [6, 6.07) is 1.10. The molecule has 1 saturated heterocycles. The van der Waals surface area contributed by atoms with Gasteiger partial charge in [-0.3, -0.25) is 5.32 Å². The van der Waals surface area contributed by atoms with Crippen molar-refractivity contribution in [2.45, 2.75) is 36.8 Å². The summed E-state index contributed by atoms with van der Waals surface area (Å²) in [5.41, 5.74) is 0. The molecular formula is C8H14BrN2. The number of nitrogens with one attached hydrogen (secondary N) is 2. The lowest BCUT2D eigenvalue weighted by atomic mass is 10.1. The molecule has 2 rings (SSSR count). The maximum absolute atomic E-state index is 3.64. The summed E-state index contributed by atoms with van der Waals surface area (Å²) in [6.45, 7) is 4.31. The first-order valence-corrected chi connectivity index (χ1v) is 5.18. The van der Waals surface area contributed by atoms with E-state index < -0.39 is 0 Å². The molecule has 1 heterocycles. The summed E-state index contributed by atoms with van der Waals surface area (Å²) >= 11 is 3.64. The van der Waals surface area contributed by atoms with E-state index in [-0.39, 0.29) is 0 Å². The molecule has 1 radical (unpaired) electrons. The topological polar surface area (TPSA) is 24.1 Å². The molecule has 2 nitrogen and oxygen atoms in total. The van der Waals surface area contributed by atoms with Crippen molar-refractivity contribution in [1.82, 2.24) is 10.6 Å². The van der Waals surface area contributed by atoms with E-state index in [1.54, 1.807) is 0 Å². The van der Waals surface area contributed by atoms with E-state index >= 15 is 0 Å². The maximum Gasteiger partial charge on any atom is 0.0791 e. The lowest BCUT2D eigenvalue weighted by Crippen LogP contribution is -2.55. The van der Waals surface area contributed by atoms with E-state index in [4.69, 9.17) is 0 Å². The lowest BCUT2D eigenvalue weighted by Gasteiger charge is -2.33. The molecule has 11 heavy (non-hydrogen) atoms. The van der Waals surface area contributed by atoms with E-state index in [1.165, 1.54) is 12.8 Å². The van der Waals surface area contributed by atoms with Crippen molar-refractivity contribution in [3.05, 3.63) is 6.54 Å². The Morgan fingerprint density at radius 3 is 2.73 bits per heavy atom. The van der Waals surface area contributed by atoms with Crippen molar-refractivity contribution in [3.8, 4) is 0 Å². The van der Waals surface area contributed by atoms with Gasteiger partial charge in [0.15, 0.2) is 0 Å². The zero-order valence-corrected chi connectivity index (χ0v) is 8.26. The first kappa shape index (κ1) is 8.02. The SMILES string of the molecule is CC1[CH]NC(C2CC2)C(Br)N1. The Labute approximate surface area is 76.2 Å². The Balaban J connectivity index is 1.90. The fraction of sp³-hybridized carbons (Fsp3) is 0.875. The summed E-state index contributed by atoms with van der Waals surface area (Å²) in [5, 5.41) is 6.90. The number of halogens is 1. The molecule has 3 heteroatoms. The molecule has 0 aromatic rings. The molecule has 3 atom stereocenters. The van der Waals surface area contributed by atoms with Crippen molar-refractivity contribution in [1.29, 1.82) is 0 Å². The first-order valence-electron chi connectivity index (χ1n) is 4.27. The van der Waals surface area contributed by atoms with Crippen LogP contribution in [0.25, 0.3) is 0 Å². The maximum atomic E-state index is 3.64. The quantitative estimate of drug-likeness (QED) is 0.511. The van der Waals surface area contributed by atoms with E-state index in [0.29, 0.717) is 17.0 Å². The van der Waals surface area contributed by atoms with Crippen LogP contribution >= 0.6 is 15.9 Å². The molecule has 1 saturated carbocycles. The highest BCUT2D eigenvalue weighted by Gasteiger charge is 2.37. The number of hydrogen-bond acceptors (Lipinski definition) is 2. The third kappa shape index (κ3) is 1.76. The second-order valence-electron chi connectivity index (χ2n) is 3.55. The monoisotopic (exact) mass is 217 g/mol. The van der Waals surface area contributed by atoms with E-state index in [9.17, 15) is 0 Å². The van der Waals surface area contributed by atoms with Crippen LogP contribution in [0.1, 0.15) is 19.8 Å². The van der Waals surface area contributed by atoms with Crippen molar-refractivity contribution >= 4 is 15.9 Å². The molecular weight excluding hydrogens is 204 g/mol. The van der Waals surface area contributed by atoms with Crippen LogP contribution in [-0.4, -0.2) is 17.0 Å². The van der Waals surface area contributed by atoms with Gasteiger partial charge in [0.2, 0.25) is 0 Å². The van der Waals surface area contributed by atoms with Gasteiger partial charge in [-0.25, -0.2) is 0 Å². The predicted octanol–water partition coefficient (Wildman–Crippen LogP) is 1.23. The molecule has 0 spiro atoms. The summed E-state index contributed by atoms with van der Waals surface area (Å²) in [4.78, 5) is 0.454. The van der Waals surface area contributed by atoms with Crippen molar-refractivity contribution in [2.75, 3.05) is 0 Å². The Bertz CT molecular complexity index is 147. The van der Waals surface area contributed by atoms with Gasteiger partial charge < -0.3 is 5.32 Å². The van der Waals surface area contributed by atoms with Crippen LogP contribution in [0.15, 0.2) is 0 Å². The predicted molar refractivity (Wildman–Crippen MR) is 49.3 cm³/mol. The molecule has 63 valence electrons. The summed E-state index contributed by atoms with van der Waals surface area (Å²) in [5.74, 6) is 0.899. The molecule has 2 fully saturated rings. The van der Waals surface area contributed by atoms with Gasteiger partial charge in [0, 0.05) is 18.6 Å². The number of alkyl halides is 1. The first-order chi connectivity index (χ1) is 5.27. The van der Waals surface area contributed by atoms with Crippen LogP contribution in [0.4, 0.5) is 0 Å². The lowest BCUT2D eigenvalue weighted by molar-refractivity contribution is 0.358. The third-order valence-electron chi connectivity index (χ3n) is 2.41. The molecule has 0 aromatic carbocycles. The Morgan fingerprint density at radius 2 is 2.18 bits per heavy atom. The van der Waals surface area contributed by atoms with Gasteiger partial charge in [0.25, 0.3) is 0 Å². The van der Waals surface area contributed by atoms with Gasteiger partial charge in [-0.05, 0) is 25.7 Å². The largest absolute Gasteiger partial charge is 0.305 e. The van der Waals surface area contributed by atoms with E-state index in [2.05, 4.69) is 40.0 Å². The normalized spacial score (nSPS) is 45.8. The Morgan fingerprint density at radius 1 is 1.45 bits per heavy atom. The fourth-order valence-corrected chi connectivity index (χ4v) is 2.57. The van der Waals surface area contributed by atoms with Crippen molar-refractivity contribution < 1.29 is 0 Å². The van der Waals surface area contributed by atoms with E-state index in [0.717, 1.165) is 5.92 Å². The minimum absolute atomic E-state index is 0.454. The third-order valence-corrected chi connectivity index (χ3v) is 3.24.